The zero-order valence-electron chi connectivity index (χ0n) is 6.07. The third-order valence-corrected chi connectivity index (χ3v) is 1.84. The fourth-order valence-corrected chi connectivity index (χ4v) is 1.28. The Bertz CT molecular complexity index is 293. The number of fused-ring (bicyclic) bond motifs is 1. The molecule has 1 heterocycles. The van der Waals surface area contributed by atoms with Crippen LogP contribution in [0.3, 0.4) is 0 Å². The average molecular weight is 147 g/mol. The van der Waals surface area contributed by atoms with Gasteiger partial charge in [0.25, 0.3) is 0 Å². The van der Waals surface area contributed by atoms with Crippen molar-refractivity contribution in [3.63, 3.8) is 0 Å². The minimum absolute atomic E-state index is 0.406. The Morgan fingerprint density at radius 2 is 2.45 bits per heavy atom. The molecule has 1 aliphatic rings. The highest BCUT2D eigenvalue weighted by Gasteiger charge is 2.13. The summed E-state index contributed by atoms with van der Waals surface area (Å²) in [5.41, 5.74) is 1.83. The molecular formula is C9H9NO. The first-order valence-electron chi connectivity index (χ1n) is 3.67. The third-order valence-electron chi connectivity index (χ3n) is 1.84. The molecule has 56 valence electrons. The lowest BCUT2D eigenvalue weighted by Gasteiger charge is -2.14. The Balaban J connectivity index is 2.54. The van der Waals surface area contributed by atoms with E-state index < -0.39 is 6.10 Å². The second kappa shape index (κ2) is 2.47. The topological polar surface area (TPSA) is 33.1 Å². The number of aliphatic hydroxyl groups excluding tert-OH is 1. The van der Waals surface area contributed by atoms with Crippen LogP contribution >= 0.6 is 0 Å². The van der Waals surface area contributed by atoms with Crippen molar-refractivity contribution in [2.24, 2.45) is 0 Å². The molecule has 0 fully saturated rings. The van der Waals surface area contributed by atoms with E-state index in [1.54, 1.807) is 6.20 Å². The molecule has 0 aromatic carbocycles. The Labute approximate surface area is 65.2 Å². The van der Waals surface area contributed by atoms with E-state index in [0.717, 1.165) is 11.3 Å². The smallest absolute Gasteiger partial charge is 0.1000 e. The molecule has 0 amide bonds. The lowest BCUT2D eigenvalue weighted by Crippen LogP contribution is -2.04. The first kappa shape index (κ1) is 6.55. The summed E-state index contributed by atoms with van der Waals surface area (Å²) < 4.78 is 0. The van der Waals surface area contributed by atoms with Gasteiger partial charge in [-0.3, -0.25) is 4.98 Å². The average Bonchev–Trinajstić information content (AvgIpc) is 2.06. The van der Waals surface area contributed by atoms with Crippen LogP contribution in [0.4, 0.5) is 0 Å². The van der Waals surface area contributed by atoms with E-state index in [1.807, 2.05) is 24.3 Å². The van der Waals surface area contributed by atoms with Crippen molar-refractivity contribution in [3.8, 4) is 0 Å². The van der Waals surface area contributed by atoms with E-state index in [2.05, 4.69) is 4.98 Å². The molecule has 0 radical (unpaired) electrons. The van der Waals surface area contributed by atoms with E-state index in [9.17, 15) is 5.11 Å². The fraction of sp³-hybridized carbons (Fsp3) is 0.222. The molecule has 1 aromatic rings. The standard InChI is InChI=1S/C9H9NO/c11-8-5-1-3-7-4-2-6-10-9(7)8/h1-4,6,8,11H,5H2. The van der Waals surface area contributed by atoms with Gasteiger partial charge >= 0.3 is 0 Å². The summed E-state index contributed by atoms with van der Waals surface area (Å²) in [6, 6.07) is 3.84. The maximum Gasteiger partial charge on any atom is 0.1000 e. The van der Waals surface area contributed by atoms with E-state index >= 15 is 0 Å². The lowest BCUT2D eigenvalue weighted by molar-refractivity contribution is 0.175. The Hall–Kier alpha value is -1.15. The fourth-order valence-electron chi connectivity index (χ4n) is 1.28. The molecule has 1 aliphatic carbocycles. The number of hydrogen-bond donors (Lipinski definition) is 1. The van der Waals surface area contributed by atoms with Crippen molar-refractivity contribution in [2.75, 3.05) is 0 Å². The number of aliphatic hydroxyl groups is 1. The van der Waals surface area contributed by atoms with Gasteiger partial charge in [-0.1, -0.05) is 18.2 Å². The first-order chi connectivity index (χ1) is 5.38. The number of nitrogens with zero attached hydrogens (tertiary/aromatic N) is 1. The van der Waals surface area contributed by atoms with Crippen LogP contribution in [0.5, 0.6) is 0 Å². The molecule has 0 spiro atoms. The first-order valence-corrected chi connectivity index (χ1v) is 3.67. The minimum Gasteiger partial charge on any atom is -0.386 e. The molecule has 2 rings (SSSR count). The van der Waals surface area contributed by atoms with Crippen molar-refractivity contribution >= 4 is 6.08 Å². The quantitative estimate of drug-likeness (QED) is 0.603. The van der Waals surface area contributed by atoms with Crippen molar-refractivity contribution < 1.29 is 5.11 Å². The summed E-state index contributed by atoms with van der Waals surface area (Å²) in [5, 5.41) is 9.45. The molecule has 0 bridgehead atoms. The Morgan fingerprint density at radius 3 is 3.27 bits per heavy atom. The number of rotatable bonds is 0. The second-order valence-corrected chi connectivity index (χ2v) is 2.63. The van der Waals surface area contributed by atoms with Gasteiger partial charge in [-0.15, -0.1) is 0 Å². The summed E-state index contributed by atoms with van der Waals surface area (Å²) >= 11 is 0. The van der Waals surface area contributed by atoms with Gasteiger partial charge in [-0.25, -0.2) is 0 Å². The lowest BCUT2D eigenvalue weighted by atomic mass is 10.0. The van der Waals surface area contributed by atoms with E-state index in [1.165, 1.54) is 0 Å². The van der Waals surface area contributed by atoms with Gasteiger partial charge in [0.15, 0.2) is 0 Å². The summed E-state index contributed by atoms with van der Waals surface area (Å²) in [7, 11) is 0. The van der Waals surface area contributed by atoms with Crippen LogP contribution in [0.1, 0.15) is 23.8 Å². The predicted molar refractivity (Wildman–Crippen MR) is 42.8 cm³/mol. The number of pyridine rings is 1. The highest BCUT2D eigenvalue weighted by Crippen LogP contribution is 2.24. The molecule has 0 saturated heterocycles. The molecule has 2 heteroatoms. The molecular weight excluding hydrogens is 138 g/mol. The van der Waals surface area contributed by atoms with E-state index in [0.29, 0.717) is 6.42 Å². The van der Waals surface area contributed by atoms with Crippen LogP contribution in [-0.2, 0) is 0 Å². The molecule has 1 aromatic heterocycles. The van der Waals surface area contributed by atoms with Gasteiger partial charge in [0, 0.05) is 6.20 Å². The molecule has 1 atom stereocenters. The Morgan fingerprint density at radius 1 is 1.55 bits per heavy atom. The van der Waals surface area contributed by atoms with Crippen molar-refractivity contribution in [1.29, 1.82) is 0 Å². The highest BCUT2D eigenvalue weighted by molar-refractivity contribution is 5.54. The van der Waals surface area contributed by atoms with Gasteiger partial charge in [0.05, 0.1) is 11.8 Å². The van der Waals surface area contributed by atoms with Gasteiger partial charge in [0.1, 0.15) is 0 Å². The van der Waals surface area contributed by atoms with Gasteiger partial charge < -0.3 is 5.11 Å². The van der Waals surface area contributed by atoms with Gasteiger partial charge in [-0.2, -0.15) is 0 Å². The van der Waals surface area contributed by atoms with Crippen LogP contribution in [0.15, 0.2) is 24.4 Å². The molecule has 0 saturated carbocycles. The number of aromatic nitrogens is 1. The normalized spacial score (nSPS) is 21.4. The van der Waals surface area contributed by atoms with Crippen LogP contribution in [0.2, 0.25) is 0 Å². The van der Waals surface area contributed by atoms with Crippen molar-refractivity contribution in [1.82, 2.24) is 4.98 Å². The SMILES string of the molecule is OC1CC=Cc2cccnc21. The zero-order valence-corrected chi connectivity index (χ0v) is 6.07. The monoisotopic (exact) mass is 147 g/mol. The maximum absolute atomic E-state index is 9.45. The number of hydrogen-bond acceptors (Lipinski definition) is 2. The zero-order chi connectivity index (χ0) is 7.68. The summed E-state index contributed by atoms with van der Waals surface area (Å²) in [5.74, 6) is 0. The molecule has 1 N–H and O–H groups in total. The molecule has 1 unspecified atom stereocenters. The van der Waals surface area contributed by atoms with Crippen LogP contribution in [-0.4, -0.2) is 10.1 Å². The third kappa shape index (κ3) is 1.05. The van der Waals surface area contributed by atoms with Crippen LogP contribution in [0.25, 0.3) is 6.08 Å². The molecule has 0 aliphatic heterocycles. The van der Waals surface area contributed by atoms with Crippen LogP contribution in [0, 0.1) is 0 Å². The molecule has 11 heavy (non-hydrogen) atoms. The largest absolute Gasteiger partial charge is 0.386 e. The summed E-state index contributed by atoms with van der Waals surface area (Å²) in [6.45, 7) is 0. The second-order valence-electron chi connectivity index (χ2n) is 2.63. The summed E-state index contributed by atoms with van der Waals surface area (Å²) in [6.07, 6.45) is 5.95. The van der Waals surface area contributed by atoms with Crippen molar-refractivity contribution in [3.05, 3.63) is 35.7 Å². The van der Waals surface area contributed by atoms with E-state index in [4.69, 9.17) is 0 Å². The van der Waals surface area contributed by atoms with Crippen molar-refractivity contribution in [2.45, 2.75) is 12.5 Å². The molecule has 2 nitrogen and oxygen atoms in total. The maximum atomic E-state index is 9.45. The van der Waals surface area contributed by atoms with Gasteiger partial charge in [-0.05, 0) is 18.1 Å². The van der Waals surface area contributed by atoms with E-state index in [-0.39, 0.29) is 0 Å². The Kier molecular flexibility index (Phi) is 1.47. The summed E-state index contributed by atoms with van der Waals surface area (Å²) in [4.78, 5) is 4.10. The highest BCUT2D eigenvalue weighted by atomic mass is 16.3. The minimum atomic E-state index is -0.406. The van der Waals surface area contributed by atoms with Crippen LogP contribution < -0.4 is 0 Å². The predicted octanol–water partition coefficient (Wildman–Crippen LogP) is 1.53. The van der Waals surface area contributed by atoms with Gasteiger partial charge in [0.2, 0.25) is 0 Å².